The summed E-state index contributed by atoms with van der Waals surface area (Å²) in [4.78, 5) is 11.5. The Morgan fingerprint density at radius 2 is 2.00 bits per heavy atom. The smallest absolute Gasteiger partial charge is 0.319 e. The Bertz CT molecular complexity index is 401. The maximum Gasteiger partial charge on any atom is 0.319 e. The first-order valence-corrected chi connectivity index (χ1v) is 5.01. The van der Waals surface area contributed by atoms with Gasteiger partial charge >= 0.3 is 6.03 Å². The molecule has 0 aliphatic heterocycles. The normalized spacial score (nSPS) is 9.94. The lowest BCUT2D eigenvalue weighted by Crippen LogP contribution is -2.34. The van der Waals surface area contributed by atoms with Gasteiger partial charge in [-0.1, -0.05) is 12.1 Å². The van der Waals surface area contributed by atoms with Crippen molar-refractivity contribution in [2.45, 2.75) is 19.9 Å². The minimum atomic E-state index is -0.302. The van der Waals surface area contributed by atoms with Crippen LogP contribution in [0.5, 0.6) is 0 Å². The Balaban J connectivity index is 2.81. The molecule has 0 bridgehead atoms. The monoisotopic (exact) mass is 220 g/mol. The van der Waals surface area contributed by atoms with Crippen molar-refractivity contribution in [3.05, 3.63) is 29.8 Å². The van der Waals surface area contributed by atoms with Crippen LogP contribution in [-0.4, -0.2) is 17.9 Å². The van der Waals surface area contributed by atoms with Gasteiger partial charge in [0.1, 0.15) is 5.84 Å². The zero-order valence-electron chi connectivity index (χ0n) is 9.37. The fourth-order valence-electron chi connectivity index (χ4n) is 1.25. The minimum absolute atomic E-state index is 0.0597. The number of nitrogens with one attached hydrogen (secondary N) is 3. The van der Waals surface area contributed by atoms with Gasteiger partial charge in [0.05, 0.1) is 5.69 Å². The van der Waals surface area contributed by atoms with E-state index in [1.807, 2.05) is 13.8 Å². The van der Waals surface area contributed by atoms with E-state index in [0.717, 1.165) is 0 Å². The summed E-state index contributed by atoms with van der Waals surface area (Å²) < 4.78 is 0. The molecule has 0 saturated carbocycles. The fourth-order valence-corrected chi connectivity index (χ4v) is 1.25. The average Bonchev–Trinajstić information content (AvgIpc) is 2.16. The van der Waals surface area contributed by atoms with Gasteiger partial charge in [-0.15, -0.1) is 0 Å². The van der Waals surface area contributed by atoms with Crippen molar-refractivity contribution < 1.29 is 4.79 Å². The number of para-hydroxylation sites is 1. The molecule has 0 spiro atoms. The van der Waals surface area contributed by atoms with Gasteiger partial charge in [-0.3, -0.25) is 5.41 Å². The lowest BCUT2D eigenvalue weighted by Gasteiger charge is -2.12. The number of urea groups is 1. The molecular formula is C11H16N4O. The van der Waals surface area contributed by atoms with E-state index in [1.54, 1.807) is 24.3 Å². The Labute approximate surface area is 94.5 Å². The molecule has 0 atom stereocenters. The van der Waals surface area contributed by atoms with Gasteiger partial charge in [0.15, 0.2) is 0 Å². The topological polar surface area (TPSA) is 91.0 Å². The van der Waals surface area contributed by atoms with Gasteiger partial charge < -0.3 is 16.4 Å². The summed E-state index contributed by atoms with van der Waals surface area (Å²) in [7, 11) is 0. The Hall–Kier alpha value is -2.04. The number of amidine groups is 1. The van der Waals surface area contributed by atoms with Crippen LogP contribution >= 0.6 is 0 Å². The van der Waals surface area contributed by atoms with Crippen molar-refractivity contribution in [3.8, 4) is 0 Å². The summed E-state index contributed by atoms with van der Waals surface area (Å²) in [5.41, 5.74) is 6.45. The summed E-state index contributed by atoms with van der Waals surface area (Å²) in [5.74, 6) is -0.0690. The highest BCUT2D eigenvalue weighted by Crippen LogP contribution is 2.13. The van der Waals surface area contributed by atoms with Crippen molar-refractivity contribution in [1.82, 2.24) is 5.32 Å². The number of carbonyl (C=O) groups is 1. The molecule has 5 heteroatoms. The SMILES string of the molecule is CC(C)NC(=O)Nc1ccccc1C(=N)N. The highest BCUT2D eigenvalue weighted by molar-refractivity contribution is 6.03. The zero-order chi connectivity index (χ0) is 12.1. The third-order valence-electron chi connectivity index (χ3n) is 1.89. The zero-order valence-corrected chi connectivity index (χ0v) is 9.37. The molecule has 16 heavy (non-hydrogen) atoms. The first-order chi connectivity index (χ1) is 7.50. The van der Waals surface area contributed by atoms with Gasteiger partial charge in [0, 0.05) is 11.6 Å². The molecule has 0 unspecified atom stereocenters. The second kappa shape index (κ2) is 5.16. The molecule has 0 heterocycles. The molecule has 1 rings (SSSR count). The van der Waals surface area contributed by atoms with Crippen LogP contribution in [0.15, 0.2) is 24.3 Å². The number of hydrogen-bond acceptors (Lipinski definition) is 2. The number of nitrogens with two attached hydrogens (primary N) is 1. The fraction of sp³-hybridized carbons (Fsp3) is 0.273. The van der Waals surface area contributed by atoms with Crippen LogP contribution in [0.25, 0.3) is 0 Å². The van der Waals surface area contributed by atoms with Gasteiger partial charge in [-0.25, -0.2) is 4.79 Å². The maximum atomic E-state index is 11.5. The quantitative estimate of drug-likeness (QED) is 0.459. The van der Waals surface area contributed by atoms with Crippen LogP contribution in [-0.2, 0) is 0 Å². The second-order valence-electron chi connectivity index (χ2n) is 3.71. The molecular weight excluding hydrogens is 204 g/mol. The molecule has 0 aromatic heterocycles. The van der Waals surface area contributed by atoms with Gasteiger partial charge in [0.2, 0.25) is 0 Å². The summed E-state index contributed by atoms with van der Waals surface area (Å²) in [5, 5.41) is 12.7. The van der Waals surface area contributed by atoms with E-state index in [1.165, 1.54) is 0 Å². The highest BCUT2D eigenvalue weighted by Gasteiger charge is 2.08. The summed E-state index contributed by atoms with van der Waals surface area (Å²) in [6, 6.07) is 6.69. The van der Waals surface area contributed by atoms with E-state index < -0.39 is 0 Å². The molecule has 0 radical (unpaired) electrons. The van der Waals surface area contributed by atoms with Crippen LogP contribution in [0, 0.1) is 5.41 Å². The number of rotatable bonds is 3. The molecule has 5 N–H and O–H groups in total. The largest absolute Gasteiger partial charge is 0.384 e. The summed E-state index contributed by atoms with van der Waals surface area (Å²) >= 11 is 0. The average molecular weight is 220 g/mol. The molecule has 0 saturated heterocycles. The lowest BCUT2D eigenvalue weighted by atomic mass is 10.1. The summed E-state index contributed by atoms with van der Waals surface area (Å²) in [6.45, 7) is 3.74. The van der Waals surface area contributed by atoms with Crippen LogP contribution in [0.2, 0.25) is 0 Å². The molecule has 0 aliphatic carbocycles. The third kappa shape index (κ3) is 3.27. The standard InChI is InChI=1S/C11H16N4O/c1-7(2)14-11(16)15-9-6-4-3-5-8(9)10(12)13/h3-7H,1-2H3,(H3,12,13)(H2,14,15,16). The lowest BCUT2D eigenvalue weighted by molar-refractivity contribution is 0.250. The van der Waals surface area contributed by atoms with E-state index in [0.29, 0.717) is 11.3 Å². The van der Waals surface area contributed by atoms with Crippen molar-refractivity contribution >= 4 is 17.6 Å². The number of carbonyl (C=O) groups excluding carboxylic acids is 1. The van der Waals surface area contributed by atoms with E-state index in [4.69, 9.17) is 11.1 Å². The number of anilines is 1. The van der Waals surface area contributed by atoms with Gasteiger partial charge in [-0.05, 0) is 26.0 Å². The molecule has 2 amide bonds. The van der Waals surface area contributed by atoms with Crippen LogP contribution < -0.4 is 16.4 Å². The highest BCUT2D eigenvalue weighted by atomic mass is 16.2. The Morgan fingerprint density at radius 3 is 2.56 bits per heavy atom. The van der Waals surface area contributed by atoms with Gasteiger partial charge in [-0.2, -0.15) is 0 Å². The predicted molar refractivity (Wildman–Crippen MR) is 64.7 cm³/mol. The molecule has 5 nitrogen and oxygen atoms in total. The van der Waals surface area contributed by atoms with Crippen LogP contribution in [0.4, 0.5) is 10.5 Å². The maximum absolute atomic E-state index is 11.5. The molecule has 0 fully saturated rings. The van der Waals surface area contributed by atoms with E-state index in [9.17, 15) is 4.79 Å². The van der Waals surface area contributed by atoms with E-state index in [2.05, 4.69) is 10.6 Å². The molecule has 0 aliphatic rings. The summed E-state index contributed by atoms with van der Waals surface area (Å²) in [6.07, 6.45) is 0. The Morgan fingerprint density at radius 1 is 1.38 bits per heavy atom. The molecule has 1 aromatic rings. The second-order valence-corrected chi connectivity index (χ2v) is 3.71. The first kappa shape index (κ1) is 12.0. The predicted octanol–water partition coefficient (Wildman–Crippen LogP) is 1.50. The van der Waals surface area contributed by atoms with Crippen molar-refractivity contribution in [2.75, 3.05) is 5.32 Å². The van der Waals surface area contributed by atoms with Crippen molar-refractivity contribution in [2.24, 2.45) is 5.73 Å². The van der Waals surface area contributed by atoms with Crippen LogP contribution in [0.1, 0.15) is 19.4 Å². The first-order valence-electron chi connectivity index (χ1n) is 5.01. The van der Waals surface area contributed by atoms with Gasteiger partial charge in [0.25, 0.3) is 0 Å². The van der Waals surface area contributed by atoms with Crippen LogP contribution in [0.3, 0.4) is 0 Å². The van der Waals surface area contributed by atoms with Crippen molar-refractivity contribution in [3.63, 3.8) is 0 Å². The van der Waals surface area contributed by atoms with E-state index in [-0.39, 0.29) is 17.9 Å². The third-order valence-corrected chi connectivity index (χ3v) is 1.89. The van der Waals surface area contributed by atoms with Crippen molar-refractivity contribution in [1.29, 1.82) is 5.41 Å². The number of nitrogen functional groups attached to an aromatic ring is 1. The van der Waals surface area contributed by atoms with E-state index >= 15 is 0 Å². The number of benzene rings is 1. The number of amides is 2. The number of hydrogen-bond donors (Lipinski definition) is 4. The Kier molecular flexibility index (Phi) is 3.88. The molecule has 86 valence electrons. The minimum Gasteiger partial charge on any atom is -0.384 e. The molecule has 1 aromatic carbocycles.